The van der Waals surface area contributed by atoms with Gasteiger partial charge in [0.25, 0.3) is 5.91 Å². The van der Waals surface area contributed by atoms with Gasteiger partial charge < -0.3 is 15.6 Å². The van der Waals surface area contributed by atoms with E-state index >= 15 is 0 Å². The average molecular weight is 342 g/mol. The maximum Gasteiger partial charge on any atom is 0.471 e. The zero-order chi connectivity index (χ0) is 17.6. The third-order valence-corrected chi connectivity index (χ3v) is 3.97. The molecule has 1 atom stereocenters. The molecule has 0 spiro atoms. The molecule has 2 heterocycles. The minimum atomic E-state index is -5.07. The van der Waals surface area contributed by atoms with Gasteiger partial charge in [0.1, 0.15) is 6.04 Å². The Morgan fingerprint density at radius 3 is 2.67 bits per heavy atom. The van der Waals surface area contributed by atoms with Crippen molar-refractivity contribution in [1.29, 1.82) is 0 Å². The van der Waals surface area contributed by atoms with Crippen LogP contribution in [0.5, 0.6) is 0 Å². The van der Waals surface area contributed by atoms with Crippen LogP contribution >= 0.6 is 0 Å². The van der Waals surface area contributed by atoms with Crippen molar-refractivity contribution in [3.63, 3.8) is 0 Å². The Morgan fingerprint density at radius 1 is 1.29 bits per heavy atom. The minimum absolute atomic E-state index is 0.0642. The number of nitrogens with two attached hydrogens (primary N) is 1. The van der Waals surface area contributed by atoms with Gasteiger partial charge in [-0.1, -0.05) is 0 Å². The van der Waals surface area contributed by atoms with Crippen molar-refractivity contribution >= 4 is 28.5 Å². The largest absolute Gasteiger partial charge is 0.471 e. The zero-order valence-corrected chi connectivity index (χ0v) is 12.3. The number of hydrogen-bond donors (Lipinski definition) is 2. The number of benzene rings is 1. The lowest BCUT2D eigenvalue weighted by atomic mass is 10.2. The fourth-order valence-electron chi connectivity index (χ4n) is 2.93. The van der Waals surface area contributed by atoms with Gasteiger partial charge >= 0.3 is 17.8 Å². The maximum atomic E-state index is 12.7. The number of halogens is 3. The SMILES string of the molecule is Nc1ccc2c(c1)[nH]c(=O)n2C(=O)C1CCCN1C(=O)C(F)(F)F. The number of anilines is 1. The number of fused-ring (bicyclic) bond motifs is 1. The number of carbonyl (C=O) groups is 2. The Hall–Kier alpha value is -2.78. The molecule has 7 nitrogen and oxygen atoms in total. The first-order chi connectivity index (χ1) is 11.2. The van der Waals surface area contributed by atoms with Crippen molar-refractivity contribution in [3.8, 4) is 0 Å². The Bertz CT molecular complexity index is 883. The molecule has 3 N–H and O–H groups in total. The number of aromatic nitrogens is 2. The molecule has 1 aromatic heterocycles. The van der Waals surface area contributed by atoms with Gasteiger partial charge in [0.05, 0.1) is 11.0 Å². The molecule has 0 radical (unpaired) electrons. The molecule has 0 saturated carbocycles. The number of aromatic amines is 1. The smallest absolute Gasteiger partial charge is 0.399 e. The highest BCUT2D eigenvalue weighted by atomic mass is 19.4. The average Bonchev–Trinajstić information content (AvgIpc) is 3.08. The highest BCUT2D eigenvalue weighted by Crippen LogP contribution is 2.27. The number of rotatable bonds is 1. The van der Waals surface area contributed by atoms with E-state index in [9.17, 15) is 27.6 Å². The summed E-state index contributed by atoms with van der Waals surface area (Å²) in [7, 11) is 0. The van der Waals surface area contributed by atoms with E-state index in [1.54, 1.807) is 0 Å². The Balaban J connectivity index is 2.01. The molecule has 24 heavy (non-hydrogen) atoms. The van der Waals surface area contributed by atoms with Crippen LogP contribution < -0.4 is 11.4 Å². The van der Waals surface area contributed by atoms with Gasteiger partial charge in [-0.25, -0.2) is 9.36 Å². The highest BCUT2D eigenvalue weighted by molar-refractivity contribution is 5.96. The van der Waals surface area contributed by atoms with Gasteiger partial charge in [0, 0.05) is 12.2 Å². The van der Waals surface area contributed by atoms with E-state index in [1.165, 1.54) is 18.2 Å². The van der Waals surface area contributed by atoms with Crippen molar-refractivity contribution in [2.45, 2.75) is 25.1 Å². The van der Waals surface area contributed by atoms with Crippen LogP contribution in [0.1, 0.15) is 17.6 Å². The van der Waals surface area contributed by atoms with Crippen LogP contribution in [0.4, 0.5) is 18.9 Å². The molecule has 10 heteroatoms. The van der Waals surface area contributed by atoms with E-state index < -0.39 is 29.7 Å². The third-order valence-electron chi connectivity index (χ3n) is 3.97. The topological polar surface area (TPSA) is 101 Å². The Labute approximate surface area is 132 Å². The number of nitrogen functional groups attached to an aromatic ring is 1. The first-order valence-corrected chi connectivity index (χ1v) is 7.12. The van der Waals surface area contributed by atoms with Crippen LogP contribution in [0.2, 0.25) is 0 Å². The normalized spacial score (nSPS) is 18.3. The zero-order valence-electron chi connectivity index (χ0n) is 12.3. The maximum absolute atomic E-state index is 12.7. The number of likely N-dealkylation sites (tertiary alicyclic amines) is 1. The summed E-state index contributed by atoms with van der Waals surface area (Å²) in [5.41, 5.74) is 5.66. The van der Waals surface area contributed by atoms with Crippen LogP contribution in [0.3, 0.4) is 0 Å². The first kappa shape index (κ1) is 16.1. The number of nitrogens with zero attached hydrogens (tertiary/aromatic N) is 2. The molecule has 1 amide bonds. The summed E-state index contributed by atoms with van der Waals surface area (Å²) >= 11 is 0. The quantitative estimate of drug-likeness (QED) is 0.758. The number of amides is 1. The monoisotopic (exact) mass is 342 g/mol. The van der Waals surface area contributed by atoms with Crippen LogP contribution in [-0.2, 0) is 4.79 Å². The number of alkyl halides is 3. The van der Waals surface area contributed by atoms with Crippen LogP contribution in [0, 0.1) is 0 Å². The summed E-state index contributed by atoms with van der Waals surface area (Å²) in [6.07, 6.45) is -4.75. The number of nitrogens with one attached hydrogen (secondary N) is 1. The molecule has 0 aliphatic carbocycles. The van der Waals surface area contributed by atoms with Crippen LogP contribution in [0.15, 0.2) is 23.0 Å². The van der Waals surface area contributed by atoms with Crippen molar-refractivity contribution < 1.29 is 22.8 Å². The molecular formula is C14H13F3N4O3. The van der Waals surface area contributed by atoms with E-state index in [0.717, 1.165) is 4.57 Å². The molecule has 2 aromatic rings. The molecular weight excluding hydrogens is 329 g/mol. The van der Waals surface area contributed by atoms with Gasteiger partial charge in [-0.2, -0.15) is 13.2 Å². The van der Waals surface area contributed by atoms with E-state index in [-0.39, 0.29) is 24.9 Å². The van der Waals surface area contributed by atoms with Gasteiger partial charge in [-0.3, -0.25) is 9.59 Å². The fraction of sp³-hybridized carbons (Fsp3) is 0.357. The lowest BCUT2D eigenvalue weighted by Crippen LogP contribution is -2.49. The van der Waals surface area contributed by atoms with Crippen LogP contribution in [0.25, 0.3) is 11.0 Å². The molecule has 3 rings (SSSR count). The van der Waals surface area contributed by atoms with Gasteiger partial charge in [-0.05, 0) is 31.0 Å². The Kier molecular flexibility index (Phi) is 3.61. The number of H-pyrrole nitrogens is 1. The predicted molar refractivity (Wildman–Crippen MR) is 78.4 cm³/mol. The summed E-state index contributed by atoms with van der Waals surface area (Å²) in [6, 6.07) is 3.00. The highest BCUT2D eigenvalue weighted by Gasteiger charge is 2.48. The van der Waals surface area contributed by atoms with Crippen molar-refractivity contribution in [2.24, 2.45) is 0 Å². The van der Waals surface area contributed by atoms with Gasteiger partial charge in [0.2, 0.25) is 0 Å². The lowest BCUT2D eigenvalue weighted by molar-refractivity contribution is -0.185. The molecule has 0 bridgehead atoms. The molecule has 1 unspecified atom stereocenters. The summed E-state index contributed by atoms with van der Waals surface area (Å²) in [5, 5.41) is 0. The van der Waals surface area contributed by atoms with E-state index in [0.29, 0.717) is 16.1 Å². The van der Waals surface area contributed by atoms with Gasteiger partial charge in [0.15, 0.2) is 0 Å². The second kappa shape index (κ2) is 5.39. The predicted octanol–water partition coefficient (Wildman–Crippen LogP) is 1.11. The fourth-order valence-corrected chi connectivity index (χ4v) is 2.93. The molecule has 1 saturated heterocycles. The van der Waals surface area contributed by atoms with E-state index in [1.807, 2.05) is 0 Å². The number of hydrogen-bond acceptors (Lipinski definition) is 4. The molecule has 1 aromatic carbocycles. The summed E-state index contributed by atoms with van der Waals surface area (Å²) < 4.78 is 38.7. The van der Waals surface area contributed by atoms with Crippen molar-refractivity contribution in [2.75, 3.05) is 12.3 Å². The van der Waals surface area contributed by atoms with Crippen molar-refractivity contribution in [3.05, 3.63) is 28.7 Å². The first-order valence-electron chi connectivity index (χ1n) is 7.12. The number of imidazole rings is 1. The molecule has 128 valence electrons. The molecule has 1 aliphatic heterocycles. The van der Waals surface area contributed by atoms with Crippen LogP contribution in [-0.4, -0.2) is 45.0 Å². The van der Waals surface area contributed by atoms with Gasteiger partial charge in [-0.15, -0.1) is 0 Å². The lowest BCUT2D eigenvalue weighted by Gasteiger charge is -2.24. The second-order valence-corrected chi connectivity index (χ2v) is 5.53. The summed E-state index contributed by atoms with van der Waals surface area (Å²) in [6.45, 7) is -0.182. The second-order valence-electron chi connectivity index (χ2n) is 5.53. The van der Waals surface area contributed by atoms with E-state index in [4.69, 9.17) is 5.73 Å². The molecule has 1 fully saturated rings. The van der Waals surface area contributed by atoms with Crippen molar-refractivity contribution in [1.82, 2.24) is 14.5 Å². The Morgan fingerprint density at radius 2 is 2.00 bits per heavy atom. The summed E-state index contributed by atoms with van der Waals surface area (Å²) in [4.78, 5) is 39.0. The minimum Gasteiger partial charge on any atom is -0.399 e. The summed E-state index contributed by atoms with van der Waals surface area (Å²) in [5.74, 6) is -2.94. The standard InChI is InChI=1S/C14H13F3N4O3/c15-14(16,17)12(23)20-5-1-2-10(20)11(22)21-9-4-3-7(18)6-8(9)19-13(21)24/h3-4,6,10H,1-2,5,18H2,(H,19,24). The van der Waals surface area contributed by atoms with E-state index in [2.05, 4.69) is 4.98 Å². The number of carbonyl (C=O) groups excluding carboxylic acids is 2. The third kappa shape index (κ3) is 2.53. The molecule has 1 aliphatic rings.